The molecule has 2 aliphatic heterocycles. The number of likely N-dealkylation sites (N-methyl/N-ethyl adjacent to an activating group) is 2. The molecule has 3 aliphatic rings. The Morgan fingerprint density at radius 2 is 2.25 bits per heavy atom. The highest BCUT2D eigenvalue weighted by atomic mass is 15.5. The van der Waals surface area contributed by atoms with Crippen molar-refractivity contribution in [3.8, 4) is 0 Å². The maximum Gasteiger partial charge on any atom is 0.110 e. The van der Waals surface area contributed by atoms with Gasteiger partial charge in [-0.15, -0.1) is 0 Å². The molecule has 4 atom stereocenters. The number of nitrogens with one attached hydrogen (secondary N) is 1. The Kier molecular flexibility index (Phi) is 1.59. The average Bonchev–Trinajstić information content (AvgIpc) is 2.10. The molecule has 1 saturated carbocycles. The maximum absolute atomic E-state index is 3.25. The molecule has 0 aromatic rings. The third-order valence-corrected chi connectivity index (χ3v) is 4.91. The van der Waals surface area contributed by atoms with Crippen LogP contribution >= 0.6 is 0 Å². The van der Waals surface area contributed by atoms with Crippen LogP contribution in [0.3, 0.4) is 0 Å². The summed E-state index contributed by atoms with van der Waals surface area (Å²) in [5, 5.41) is 3.25. The summed E-state index contributed by atoms with van der Waals surface area (Å²) in [5.41, 5.74) is 0.627. The van der Waals surface area contributed by atoms with Crippen LogP contribution in [-0.2, 0) is 0 Å². The smallest absolute Gasteiger partial charge is 0.110 e. The van der Waals surface area contributed by atoms with E-state index in [4.69, 9.17) is 0 Å². The molecule has 1 N–H and O–H groups in total. The molecule has 0 amide bonds. The number of quaternary nitrogens is 1. The third-order valence-electron chi connectivity index (χ3n) is 4.91. The fourth-order valence-corrected chi connectivity index (χ4v) is 3.36. The topological polar surface area (TPSA) is 12.0 Å². The summed E-state index contributed by atoms with van der Waals surface area (Å²) < 4.78 is 1.33. The molecule has 2 heterocycles. The highest BCUT2D eigenvalue weighted by molar-refractivity contribution is 5.11. The molecular weight excluding hydrogens is 148 g/mol. The molecule has 2 bridgehead atoms. The molecule has 0 aromatic heterocycles. The zero-order valence-corrected chi connectivity index (χ0v) is 8.72. The van der Waals surface area contributed by atoms with Crippen LogP contribution in [0.5, 0.6) is 0 Å². The minimum absolute atomic E-state index is 0.627. The van der Waals surface area contributed by atoms with E-state index < -0.39 is 0 Å². The Bertz CT molecular complexity index is 204. The van der Waals surface area contributed by atoms with E-state index in [2.05, 4.69) is 26.2 Å². The molecule has 0 aromatic carbocycles. The summed E-state index contributed by atoms with van der Waals surface area (Å²) in [7, 11) is 4.47. The van der Waals surface area contributed by atoms with Gasteiger partial charge in [-0.2, -0.15) is 0 Å². The van der Waals surface area contributed by atoms with Gasteiger partial charge in [0.15, 0.2) is 0 Å². The van der Waals surface area contributed by atoms with Gasteiger partial charge in [-0.25, -0.2) is 0 Å². The lowest BCUT2D eigenvalue weighted by Gasteiger charge is -2.78. The van der Waals surface area contributed by atoms with Crippen LogP contribution < -0.4 is 5.32 Å². The molecule has 2 nitrogen and oxygen atoms in total. The monoisotopic (exact) mass is 169 g/mol. The van der Waals surface area contributed by atoms with Gasteiger partial charge in [-0.3, -0.25) is 0 Å². The first kappa shape index (κ1) is 8.52. The lowest BCUT2D eigenvalue weighted by Crippen LogP contribution is -2.92. The van der Waals surface area contributed by atoms with E-state index in [9.17, 15) is 0 Å². The first-order chi connectivity index (χ1) is 5.56. The van der Waals surface area contributed by atoms with Gasteiger partial charge in [0.05, 0.1) is 25.9 Å². The van der Waals surface area contributed by atoms with Crippen LogP contribution in [0, 0.1) is 5.92 Å². The van der Waals surface area contributed by atoms with E-state index in [1.54, 1.807) is 0 Å². The summed E-state index contributed by atoms with van der Waals surface area (Å²) in [6, 6.07) is 0.975. The van der Waals surface area contributed by atoms with E-state index in [1.807, 2.05) is 7.05 Å². The van der Waals surface area contributed by atoms with Crippen LogP contribution in [0.1, 0.15) is 20.3 Å². The Morgan fingerprint density at radius 1 is 1.58 bits per heavy atom. The molecule has 0 radical (unpaired) electrons. The summed E-state index contributed by atoms with van der Waals surface area (Å²) in [5.74, 6) is 0.972. The largest absolute Gasteiger partial charge is 0.317 e. The number of hydrogen-bond donors (Lipinski definition) is 1. The zero-order chi connectivity index (χ0) is 8.98. The van der Waals surface area contributed by atoms with Crippen molar-refractivity contribution in [1.82, 2.24) is 5.32 Å². The van der Waals surface area contributed by atoms with Gasteiger partial charge < -0.3 is 9.80 Å². The summed E-state index contributed by atoms with van der Waals surface area (Å²) in [6.07, 6.45) is 1.47. The standard InChI is InChI=1S/C10H21N2/c1-8-9-7-10(8,2)12(9,4)6-5-11-3/h8-9,11H,5-7H2,1-4H3/q+1/t8?,9?,10-,12?/m1/s1. The Hall–Kier alpha value is -0.0800. The number of rotatable bonds is 3. The van der Waals surface area contributed by atoms with Crippen LogP contribution in [-0.4, -0.2) is 43.2 Å². The molecule has 3 rings (SSSR count). The normalized spacial score (nSPS) is 56.0. The van der Waals surface area contributed by atoms with Crippen LogP contribution in [0.4, 0.5) is 0 Å². The van der Waals surface area contributed by atoms with Crippen molar-refractivity contribution in [3.05, 3.63) is 0 Å². The quantitative estimate of drug-likeness (QED) is 0.617. The van der Waals surface area contributed by atoms with E-state index in [1.165, 1.54) is 17.4 Å². The van der Waals surface area contributed by atoms with Crippen LogP contribution in [0.2, 0.25) is 0 Å². The Labute approximate surface area is 75.5 Å². The second kappa shape index (κ2) is 2.24. The van der Waals surface area contributed by atoms with Crippen molar-refractivity contribution in [2.24, 2.45) is 5.92 Å². The van der Waals surface area contributed by atoms with Crippen molar-refractivity contribution >= 4 is 0 Å². The molecule has 0 spiro atoms. The Morgan fingerprint density at radius 3 is 2.58 bits per heavy atom. The minimum Gasteiger partial charge on any atom is -0.317 e. The van der Waals surface area contributed by atoms with Gasteiger partial charge in [0.25, 0.3) is 0 Å². The van der Waals surface area contributed by atoms with E-state index in [0.717, 1.165) is 18.5 Å². The van der Waals surface area contributed by atoms with Crippen molar-refractivity contribution < 1.29 is 4.48 Å². The van der Waals surface area contributed by atoms with Crippen molar-refractivity contribution in [2.75, 3.05) is 27.2 Å². The predicted octanol–water partition coefficient (Wildman–Crippen LogP) is 0.833. The van der Waals surface area contributed by atoms with Gasteiger partial charge in [-0.1, -0.05) is 6.92 Å². The van der Waals surface area contributed by atoms with Gasteiger partial charge in [0.2, 0.25) is 0 Å². The second-order valence-corrected chi connectivity index (χ2v) is 5.01. The number of nitrogens with zero attached hydrogens (tertiary/aromatic N) is 1. The van der Waals surface area contributed by atoms with Crippen molar-refractivity contribution in [2.45, 2.75) is 31.8 Å². The van der Waals surface area contributed by atoms with Crippen LogP contribution in [0.25, 0.3) is 0 Å². The summed E-state index contributed by atoms with van der Waals surface area (Å²) in [4.78, 5) is 0. The van der Waals surface area contributed by atoms with Gasteiger partial charge >= 0.3 is 0 Å². The molecule has 1 aliphatic carbocycles. The van der Waals surface area contributed by atoms with Gasteiger partial charge in [0, 0.05) is 6.54 Å². The highest BCUT2D eigenvalue weighted by Gasteiger charge is 2.77. The van der Waals surface area contributed by atoms with Crippen LogP contribution in [0.15, 0.2) is 0 Å². The SMILES string of the molecule is CNCC[N+]1(C)C2C[C@]1(C)C2C. The van der Waals surface area contributed by atoms with Crippen molar-refractivity contribution in [1.29, 1.82) is 0 Å². The predicted molar refractivity (Wildman–Crippen MR) is 51.0 cm³/mol. The molecule has 2 saturated heterocycles. The van der Waals surface area contributed by atoms with E-state index >= 15 is 0 Å². The molecular formula is C10H21N2+. The number of hydrogen-bond acceptors (Lipinski definition) is 1. The fourth-order valence-electron chi connectivity index (χ4n) is 3.36. The fraction of sp³-hybridized carbons (Fsp3) is 1.00. The highest BCUT2D eigenvalue weighted by Crippen LogP contribution is 2.63. The molecule has 3 unspecified atom stereocenters. The van der Waals surface area contributed by atoms with Crippen molar-refractivity contribution in [3.63, 3.8) is 0 Å². The summed E-state index contributed by atoms with van der Waals surface area (Å²) >= 11 is 0. The zero-order valence-electron chi connectivity index (χ0n) is 8.72. The maximum atomic E-state index is 3.25. The second-order valence-electron chi connectivity index (χ2n) is 5.01. The third kappa shape index (κ3) is 0.647. The van der Waals surface area contributed by atoms with E-state index in [-0.39, 0.29) is 0 Å². The first-order valence-electron chi connectivity index (χ1n) is 5.06. The summed E-state index contributed by atoms with van der Waals surface area (Å²) in [6.45, 7) is 7.33. The van der Waals surface area contributed by atoms with E-state index in [0.29, 0.717) is 5.54 Å². The van der Waals surface area contributed by atoms with Gasteiger partial charge in [-0.05, 0) is 14.0 Å². The molecule has 3 fully saturated rings. The first-order valence-corrected chi connectivity index (χ1v) is 5.06. The average molecular weight is 169 g/mol. The molecule has 12 heavy (non-hydrogen) atoms. The Balaban J connectivity index is 1.98. The molecule has 70 valence electrons. The lowest BCUT2D eigenvalue weighted by molar-refractivity contribution is -1.08. The molecule has 2 heteroatoms. The lowest BCUT2D eigenvalue weighted by atomic mass is 9.50. The minimum atomic E-state index is 0.627. The van der Waals surface area contributed by atoms with Gasteiger partial charge in [0.1, 0.15) is 11.6 Å².